The molecular formula is C23H20F3N5O. The smallest absolute Gasteiger partial charge is 0.294 e. The van der Waals surface area contributed by atoms with Crippen molar-refractivity contribution in [2.45, 2.75) is 32.2 Å². The van der Waals surface area contributed by atoms with E-state index in [9.17, 15) is 18.0 Å². The molecule has 0 saturated carbocycles. The van der Waals surface area contributed by atoms with Gasteiger partial charge in [0.1, 0.15) is 6.33 Å². The lowest BCUT2D eigenvalue weighted by Crippen LogP contribution is -2.39. The van der Waals surface area contributed by atoms with E-state index in [1.165, 1.54) is 28.6 Å². The lowest BCUT2D eigenvalue weighted by Gasteiger charge is -2.29. The van der Waals surface area contributed by atoms with Crippen molar-refractivity contribution in [3.8, 4) is 0 Å². The molecule has 2 aromatic carbocycles. The molecule has 0 spiro atoms. The van der Waals surface area contributed by atoms with E-state index in [0.717, 1.165) is 30.9 Å². The highest BCUT2D eigenvalue weighted by Crippen LogP contribution is 2.29. The highest BCUT2D eigenvalue weighted by atomic mass is 19.4. The summed E-state index contributed by atoms with van der Waals surface area (Å²) < 4.78 is 41.8. The van der Waals surface area contributed by atoms with Gasteiger partial charge in [-0.1, -0.05) is 42.5 Å². The van der Waals surface area contributed by atoms with Gasteiger partial charge in [-0.3, -0.25) is 14.3 Å². The van der Waals surface area contributed by atoms with Crippen molar-refractivity contribution in [3.05, 3.63) is 99.2 Å². The first-order valence-electron chi connectivity index (χ1n) is 10.3. The molecule has 0 atom stereocenters. The number of fused-ring (bicyclic) bond motifs is 3. The van der Waals surface area contributed by atoms with Gasteiger partial charge in [-0.25, -0.2) is 4.52 Å². The Balaban J connectivity index is 1.49. The maximum absolute atomic E-state index is 13.4. The lowest BCUT2D eigenvalue weighted by molar-refractivity contribution is -0.137. The summed E-state index contributed by atoms with van der Waals surface area (Å²) in [5.41, 5.74) is 2.35. The van der Waals surface area contributed by atoms with Crippen molar-refractivity contribution >= 4 is 5.78 Å². The molecule has 5 rings (SSSR count). The van der Waals surface area contributed by atoms with E-state index in [-0.39, 0.29) is 12.1 Å². The molecule has 4 aromatic rings. The third-order valence-corrected chi connectivity index (χ3v) is 5.80. The molecule has 0 N–H and O–H groups in total. The zero-order valence-corrected chi connectivity index (χ0v) is 17.1. The zero-order chi connectivity index (χ0) is 22.3. The van der Waals surface area contributed by atoms with Gasteiger partial charge in [0.25, 0.3) is 5.56 Å². The Bertz CT molecular complexity index is 1310. The third kappa shape index (κ3) is 3.80. The van der Waals surface area contributed by atoms with Crippen molar-refractivity contribution in [3.63, 3.8) is 0 Å². The summed E-state index contributed by atoms with van der Waals surface area (Å²) in [4.78, 5) is 19.9. The normalized spacial score (nSPS) is 14.6. The maximum atomic E-state index is 13.4. The van der Waals surface area contributed by atoms with E-state index < -0.39 is 11.7 Å². The monoisotopic (exact) mass is 439 g/mol. The van der Waals surface area contributed by atoms with Gasteiger partial charge in [0, 0.05) is 26.1 Å². The highest BCUT2D eigenvalue weighted by Gasteiger charge is 2.30. The second-order valence-electron chi connectivity index (χ2n) is 7.93. The molecular weight excluding hydrogens is 419 g/mol. The van der Waals surface area contributed by atoms with Crippen LogP contribution in [0, 0.1) is 0 Å². The van der Waals surface area contributed by atoms with Crippen molar-refractivity contribution < 1.29 is 13.2 Å². The molecule has 32 heavy (non-hydrogen) atoms. The minimum atomic E-state index is -4.40. The van der Waals surface area contributed by atoms with E-state index in [1.54, 1.807) is 4.52 Å². The highest BCUT2D eigenvalue weighted by molar-refractivity contribution is 5.37. The molecule has 2 aromatic heterocycles. The fourth-order valence-electron chi connectivity index (χ4n) is 4.20. The van der Waals surface area contributed by atoms with Gasteiger partial charge in [0.05, 0.1) is 23.4 Å². The topological polar surface area (TPSA) is 55.4 Å². The molecule has 164 valence electrons. The van der Waals surface area contributed by atoms with Crippen LogP contribution in [0.2, 0.25) is 0 Å². The Hall–Kier alpha value is -3.46. The van der Waals surface area contributed by atoms with Crippen LogP contribution in [0.25, 0.3) is 5.78 Å². The van der Waals surface area contributed by atoms with Gasteiger partial charge in [-0.2, -0.15) is 23.3 Å². The summed E-state index contributed by atoms with van der Waals surface area (Å²) in [7, 11) is 0. The lowest BCUT2D eigenvalue weighted by atomic mass is 10.1. The molecule has 6 nitrogen and oxygen atoms in total. The Kier molecular flexibility index (Phi) is 5.05. The van der Waals surface area contributed by atoms with E-state index in [4.69, 9.17) is 0 Å². The maximum Gasteiger partial charge on any atom is 0.416 e. The van der Waals surface area contributed by atoms with Crippen LogP contribution in [0.4, 0.5) is 13.2 Å². The number of aromatic nitrogens is 4. The van der Waals surface area contributed by atoms with E-state index in [2.05, 4.69) is 27.1 Å². The van der Waals surface area contributed by atoms with E-state index in [1.807, 2.05) is 18.2 Å². The fourth-order valence-corrected chi connectivity index (χ4v) is 4.20. The number of alkyl halides is 3. The van der Waals surface area contributed by atoms with Gasteiger partial charge in [0.15, 0.2) is 0 Å². The third-order valence-electron chi connectivity index (χ3n) is 5.80. The first-order chi connectivity index (χ1) is 15.4. The predicted molar refractivity (Wildman–Crippen MR) is 112 cm³/mol. The van der Waals surface area contributed by atoms with Gasteiger partial charge in [0.2, 0.25) is 5.78 Å². The molecule has 0 bridgehead atoms. The van der Waals surface area contributed by atoms with E-state index in [0.29, 0.717) is 29.9 Å². The van der Waals surface area contributed by atoms with Crippen LogP contribution in [0.5, 0.6) is 0 Å². The zero-order valence-electron chi connectivity index (χ0n) is 17.1. The van der Waals surface area contributed by atoms with Crippen LogP contribution in [0.3, 0.4) is 0 Å². The van der Waals surface area contributed by atoms with E-state index >= 15 is 0 Å². The predicted octanol–water partition coefficient (Wildman–Crippen LogP) is 3.52. The standard InChI is InChI=1S/C23H20F3N5O/c24-23(25,26)18-8-6-17(7-9-18)13-30-21(32)19-14-29(12-16-4-2-1-3-5-16)11-10-20(19)31-22(30)27-15-28-31/h1-9,15H,10-14H2. The number of halogens is 3. The van der Waals surface area contributed by atoms with Crippen molar-refractivity contribution in [2.75, 3.05) is 6.54 Å². The first-order valence-corrected chi connectivity index (χ1v) is 10.3. The summed E-state index contributed by atoms with van der Waals surface area (Å²) in [6, 6.07) is 14.9. The summed E-state index contributed by atoms with van der Waals surface area (Å²) in [6.07, 6.45) is -2.34. The van der Waals surface area contributed by atoms with Crippen LogP contribution in [0.15, 0.2) is 65.7 Å². The molecule has 1 aliphatic heterocycles. The molecule has 0 unspecified atom stereocenters. The first kappa shape index (κ1) is 20.4. The summed E-state index contributed by atoms with van der Waals surface area (Å²) >= 11 is 0. The summed E-state index contributed by atoms with van der Waals surface area (Å²) in [5, 5.41) is 4.31. The quantitative estimate of drug-likeness (QED) is 0.488. The Morgan fingerprint density at radius 1 is 0.938 bits per heavy atom. The Morgan fingerprint density at radius 2 is 1.66 bits per heavy atom. The fraction of sp³-hybridized carbons (Fsp3) is 0.261. The average Bonchev–Trinajstić information content (AvgIpc) is 3.27. The second kappa shape index (κ2) is 7.90. The number of nitrogens with zero attached hydrogens (tertiary/aromatic N) is 5. The minimum Gasteiger partial charge on any atom is -0.294 e. The van der Waals surface area contributed by atoms with Crippen LogP contribution >= 0.6 is 0 Å². The molecule has 0 saturated heterocycles. The van der Waals surface area contributed by atoms with Gasteiger partial charge in [-0.15, -0.1) is 0 Å². The van der Waals surface area contributed by atoms with Crippen molar-refractivity contribution in [1.29, 1.82) is 0 Å². The Labute approximate surface area is 181 Å². The minimum absolute atomic E-state index is 0.116. The second-order valence-corrected chi connectivity index (χ2v) is 7.93. The largest absolute Gasteiger partial charge is 0.416 e. The molecule has 0 radical (unpaired) electrons. The summed E-state index contributed by atoms with van der Waals surface area (Å²) in [6.45, 7) is 2.12. The molecule has 9 heteroatoms. The number of rotatable bonds is 4. The van der Waals surface area contributed by atoms with Crippen molar-refractivity contribution in [1.82, 2.24) is 24.1 Å². The van der Waals surface area contributed by atoms with Crippen LogP contribution in [-0.4, -0.2) is 30.6 Å². The van der Waals surface area contributed by atoms with Gasteiger partial charge in [-0.05, 0) is 23.3 Å². The molecule has 3 heterocycles. The SMILES string of the molecule is O=c1c2c(n3ncnc3n1Cc1ccc(C(F)(F)F)cc1)CCN(Cc1ccccc1)C2. The molecule has 0 fully saturated rings. The van der Waals surface area contributed by atoms with Crippen molar-refractivity contribution in [2.24, 2.45) is 0 Å². The van der Waals surface area contributed by atoms with Crippen LogP contribution in [-0.2, 0) is 32.2 Å². The van der Waals surface area contributed by atoms with Gasteiger partial charge >= 0.3 is 6.18 Å². The molecule has 0 amide bonds. The average molecular weight is 439 g/mol. The van der Waals surface area contributed by atoms with Crippen LogP contribution in [0.1, 0.15) is 27.9 Å². The summed E-state index contributed by atoms with van der Waals surface area (Å²) in [5.74, 6) is 0.394. The van der Waals surface area contributed by atoms with Gasteiger partial charge < -0.3 is 0 Å². The molecule has 1 aliphatic rings. The van der Waals surface area contributed by atoms with Crippen LogP contribution < -0.4 is 5.56 Å². The molecule has 0 aliphatic carbocycles. The number of benzene rings is 2. The number of hydrogen-bond donors (Lipinski definition) is 0. The Morgan fingerprint density at radius 3 is 2.38 bits per heavy atom. The number of hydrogen-bond acceptors (Lipinski definition) is 4.